The number of halogens is 8. The molecule has 0 radical (unpaired) electrons. The fourth-order valence-corrected chi connectivity index (χ4v) is 9.04. The summed E-state index contributed by atoms with van der Waals surface area (Å²) >= 11 is 51.6. The van der Waals surface area contributed by atoms with Crippen molar-refractivity contribution >= 4 is 92.8 Å². The Hall–Kier alpha value is 2.32. The maximum absolute atomic E-state index is 6.45. The van der Waals surface area contributed by atoms with Crippen molar-refractivity contribution in [2.45, 2.75) is 17.3 Å². The van der Waals surface area contributed by atoms with Crippen molar-refractivity contribution in [3.05, 3.63) is 0 Å². The molecule has 5 aliphatic rings. The third kappa shape index (κ3) is 1.37. The van der Waals surface area contributed by atoms with Gasteiger partial charge in [0.15, 0.2) is 0 Å². The molecule has 5 rings (SSSR count). The quantitative estimate of drug-likeness (QED) is 0.339. The minimum atomic E-state index is -0.832. The number of alkyl halides is 8. The van der Waals surface area contributed by atoms with Crippen LogP contribution in [0.15, 0.2) is 0 Å². The standard InChI is InChI=1S/C12H8Cl8/c13-9(14)1-2(9)4-6(11(4,17)18)8-7(12(8,19)20)5-3(1)10(5,15)16/h1-8H. The van der Waals surface area contributed by atoms with Crippen LogP contribution in [0.2, 0.25) is 0 Å². The molecule has 0 heterocycles. The first-order chi connectivity index (χ1) is 8.98. The van der Waals surface area contributed by atoms with Gasteiger partial charge in [0.1, 0.15) is 17.3 Å². The van der Waals surface area contributed by atoms with E-state index in [4.69, 9.17) is 92.8 Å². The SMILES string of the molecule is ClC1(Cl)C2C1C1C(C3C(C4C2C4(Cl)Cl)C3(Cl)Cl)C1(Cl)Cl. The van der Waals surface area contributed by atoms with Gasteiger partial charge in [-0.05, 0) is 0 Å². The van der Waals surface area contributed by atoms with Crippen LogP contribution >= 0.6 is 92.8 Å². The van der Waals surface area contributed by atoms with Gasteiger partial charge in [-0.2, -0.15) is 0 Å². The van der Waals surface area contributed by atoms with Gasteiger partial charge >= 0.3 is 0 Å². The summed E-state index contributed by atoms with van der Waals surface area (Å²) in [6.45, 7) is 0. The Kier molecular flexibility index (Phi) is 2.55. The van der Waals surface area contributed by atoms with Crippen molar-refractivity contribution < 1.29 is 0 Å². The van der Waals surface area contributed by atoms with Crippen LogP contribution in [0.3, 0.4) is 0 Å². The molecule has 0 aromatic rings. The molecule has 20 heavy (non-hydrogen) atoms. The second kappa shape index (κ2) is 3.48. The van der Waals surface area contributed by atoms with Crippen LogP contribution in [-0.4, -0.2) is 17.3 Å². The largest absolute Gasteiger partial charge is 0.125 e. The van der Waals surface area contributed by atoms with Crippen LogP contribution in [0.5, 0.6) is 0 Å². The van der Waals surface area contributed by atoms with Gasteiger partial charge in [0, 0.05) is 47.3 Å². The molecule has 0 N–H and O–H groups in total. The Morgan fingerprint density at radius 3 is 0.500 bits per heavy atom. The second-order valence-corrected chi connectivity index (χ2v) is 12.7. The van der Waals surface area contributed by atoms with Gasteiger partial charge < -0.3 is 0 Å². The van der Waals surface area contributed by atoms with E-state index in [2.05, 4.69) is 0 Å². The van der Waals surface area contributed by atoms with Gasteiger partial charge in [0.05, 0.1) is 0 Å². The first kappa shape index (κ1) is 14.6. The van der Waals surface area contributed by atoms with Crippen molar-refractivity contribution in [2.75, 3.05) is 0 Å². The summed E-state index contributed by atoms with van der Waals surface area (Å²) in [5.74, 6) is 0.247. The number of hydrogen-bond acceptors (Lipinski definition) is 0. The molecule has 0 atom stereocenters. The second-order valence-electron chi connectivity index (χ2n) is 6.90. The molecule has 8 heteroatoms. The molecule has 5 fully saturated rings. The Bertz CT molecular complexity index is 388. The fraction of sp³-hybridized carbons (Fsp3) is 1.00. The molecule has 0 bridgehead atoms. The molecule has 0 unspecified atom stereocenters. The normalized spacial score (nSPS) is 63.6. The first-order valence-corrected chi connectivity index (χ1v) is 9.51. The molecule has 0 aliphatic heterocycles. The maximum Gasteiger partial charge on any atom is 0.125 e. The first-order valence-electron chi connectivity index (χ1n) is 6.49. The molecule has 0 aromatic carbocycles. The Morgan fingerprint density at radius 1 is 0.300 bits per heavy atom. The van der Waals surface area contributed by atoms with E-state index < -0.39 is 17.3 Å². The van der Waals surface area contributed by atoms with Crippen molar-refractivity contribution in [3.63, 3.8) is 0 Å². The van der Waals surface area contributed by atoms with Gasteiger partial charge in [-0.25, -0.2) is 0 Å². The highest BCUT2D eigenvalue weighted by molar-refractivity contribution is 6.56. The molecule has 0 nitrogen and oxygen atoms in total. The lowest BCUT2D eigenvalue weighted by molar-refractivity contribution is 0.434. The van der Waals surface area contributed by atoms with E-state index in [0.29, 0.717) is 0 Å². The molecule has 5 saturated carbocycles. The Morgan fingerprint density at radius 2 is 0.400 bits per heavy atom. The highest BCUT2D eigenvalue weighted by atomic mass is 35.5. The zero-order chi connectivity index (χ0) is 14.6. The zero-order valence-corrected chi connectivity index (χ0v) is 15.7. The van der Waals surface area contributed by atoms with Crippen molar-refractivity contribution in [2.24, 2.45) is 47.3 Å². The molecule has 0 saturated heterocycles. The van der Waals surface area contributed by atoms with E-state index in [1.165, 1.54) is 0 Å². The van der Waals surface area contributed by atoms with Gasteiger partial charge in [-0.3, -0.25) is 0 Å². The smallest absolute Gasteiger partial charge is 0.101 e. The highest BCUT2D eigenvalue weighted by Gasteiger charge is 2.95. The Balaban J connectivity index is 1.61. The van der Waals surface area contributed by atoms with Gasteiger partial charge in [-0.15, -0.1) is 92.8 Å². The van der Waals surface area contributed by atoms with Gasteiger partial charge in [-0.1, -0.05) is 0 Å². The summed E-state index contributed by atoms with van der Waals surface area (Å²) in [6.07, 6.45) is 0. The molecule has 5 aliphatic carbocycles. The number of hydrogen-bond donors (Lipinski definition) is 0. The average molecular weight is 436 g/mol. The van der Waals surface area contributed by atoms with Crippen molar-refractivity contribution in [1.29, 1.82) is 0 Å². The van der Waals surface area contributed by atoms with Crippen LogP contribution in [0.1, 0.15) is 0 Å². The number of rotatable bonds is 0. The van der Waals surface area contributed by atoms with E-state index in [-0.39, 0.29) is 47.3 Å². The van der Waals surface area contributed by atoms with Gasteiger partial charge in [0.2, 0.25) is 0 Å². The molecule has 0 amide bonds. The average Bonchev–Trinajstić information content (AvgIpc) is 3.11. The molecule has 112 valence electrons. The van der Waals surface area contributed by atoms with E-state index in [1.54, 1.807) is 0 Å². The fourth-order valence-electron chi connectivity index (χ4n) is 5.20. The van der Waals surface area contributed by atoms with Crippen molar-refractivity contribution in [1.82, 2.24) is 0 Å². The predicted octanol–water partition coefficient (Wildman–Crippen LogP) is 5.68. The summed E-state index contributed by atoms with van der Waals surface area (Å²) in [5.41, 5.74) is 0. The summed E-state index contributed by atoms with van der Waals surface area (Å²) in [6, 6.07) is 0. The lowest BCUT2D eigenvalue weighted by atomic mass is 10.0. The molecule has 0 aromatic heterocycles. The lowest BCUT2D eigenvalue weighted by Crippen LogP contribution is -2.00. The number of fused-ring (bicyclic) bond motifs is 8. The minimum absolute atomic E-state index is 0.0309. The van der Waals surface area contributed by atoms with Crippen LogP contribution < -0.4 is 0 Å². The van der Waals surface area contributed by atoms with Crippen LogP contribution in [0, 0.1) is 47.3 Å². The van der Waals surface area contributed by atoms with Gasteiger partial charge in [0.25, 0.3) is 0 Å². The van der Waals surface area contributed by atoms with E-state index >= 15 is 0 Å². The summed E-state index contributed by atoms with van der Waals surface area (Å²) in [4.78, 5) is 0. The van der Waals surface area contributed by atoms with Crippen LogP contribution in [0.25, 0.3) is 0 Å². The maximum atomic E-state index is 6.45. The summed E-state index contributed by atoms with van der Waals surface area (Å²) in [7, 11) is 0. The van der Waals surface area contributed by atoms with E-state index in [0.717, 1.165) is 0 Å². The zero-order valence-electron chi connectivity index (χ0n) is 9.64. The highest BCUT2D eigenvalue weighted by Crippen LogP contribution is 2.92. The predicted molar refractivity (Wildman–Crippen MR) is 85.7 cm³/mol. The van der Waals surface area contributed by atoms with Crippen LogP contribution in [-0.2, 0) is 0 Å². The van der Waals surface area contributed by atoms with Crippen LogP contribution in [0.4, 0.5) is 0 Å². The van der Waals surface area contributed by atoms with Crippen molar-refractivity contribution in [3.8, 4) is 0 Å². The third-order valence-electron chi connectivity index (χ3n) is 6.21. The lowest BCUT2D eigenvalue weighted by Gasteiger charge is -1.99. The Labute approximate surface area is 156 Å². The third-order valence-corrected chi connectivity index (χ3v) is 10.2. The minimum Gasteiger partial charge on any atom is -0.101 e. The molecule has 0 spiro atoms. The monoisotopic (exact) mass is 432 g/mol. The molecular formula is C12H8Cl8. The topological polar surface area (TPSA) is 0 Å². The van der Waals surface area contributed by atoms with E-state index in [9.17, 15) is 0 Å². The summed E-state index contributed by atoms with van der Waals surface area (Å²) in [5, 5.41) is 0. The summed E-state index contributed by atoms with van der Waals surface area (Å²) < 4.78 is -3.33. The molecular weight excluding hydrogens is 428 g/mol. The van der Waals surface area contributed by atoms with E-state index in [1.807, 2.05) is 0 Å².